The van der Waals surface area contributed by atoms with E-state index in [1.165, 1.54) is 84.0 Å². The lowest BCUT2D eigenvalue weighted by molar-refractivity contribution is 0.0843. The average molecular weight is 317 g/mol. The first-order valence-electron chi connectivity index (χ1n) is 10.4. The molecule has 2 heteroatoms. The van der Waals surface area contributed by atoms with Crippen LogP contribution in [0.25, 0.3) is 0 Å². The number of hydrogen-bond acceptors (Lipinski definition) is 2. The molecule has 0 amide bonds. The third-order valence-corrected chi connectivity index (χ3v) is 7.14. The third-order valence-electron chi connectivity index (χ3n) is 7.14. The molecule has 0 spiro atoms. The Labute approximate surface area is 143 Å². The Morgan fingerprint density at radius 2 is 1.74 bits per heavy atom. The second-order valence-corrected chi connectivity index (χ2v) is 9.05. The Kier molecular flexibility index (Phi) is 5.10. The molecule has 4 rings (SSSR count). The van der Waals surface area contributed by atoms with Crippen molar-refractivity contribution in [3.63, 3.8) is 0 Å². The van der Waals surface area contributed by atoms with Crippen LogP contribution in [0.3, 0.4) is 0 Å². The zero-order valence-corrected chi connectivity index (χ0v) is 15.1. The molecule has 0 radical (unpaired) electrons. The molecule has 23 heavy (non-hydrogen) atoms. The summed E-state index contributed by atoms with van der Waals surface area (Å²) in [6.45, 7) is 7.94. The van der Waals surface area contributed by atoms with Gasteiger partial charge in [0.2, 0.25) is 0 Å². The molecule has 4 aliphatic rings. The fourth-order valence-corrected chi connectivity index (χ4v) is 5.89. The summed E-state index contributed by atoms with van der Waals surface area (Å²) in [5, 5.41) is 0. The van der Waals surface area contributed by atoms with Crippen molar-refractivity contribution < 1.29 is 0 Å². The van der Waals surface area contributed by atoms with Crippen LogP contribution in [-0.2, 0) is 0 Å². The molecule has 0 aliphatic carbocycles. The largest absolute Gasteiger partial charge is 0.300 e. The highest BCUT2D eigenvalue weighted by Crippen LogP contribution is 2.35. The van der Waals surface area contributed by atoms with Gasteiger partial charge in [-0.05, 0) is 69.1 Å². The Bertz CT molecular complexity index is 418. The minimum atomic E-state index is 0.779. The van der Waals surface area contributed by atoms with E-state index in [1.807, 2.05) is 0 Å². The highest BCUT2D eigenvalue weighted by atomic mass is 15.2. The number of fused-ring (bicyclic) bond motifs is 2. The van der Waals surface area contributed by atoms with Crippen molar-refractivity contribution in [2.75, 3.05) is 26.2 Å². The van der Waals surface area contributed by atoms with Gasteiger partial charge in [0.15, 0.2) is 0 Å². The molecule has 3 fully saturated rings. The van der Waals surface area contributed by atoms with Crippen LogP contribution in [0.4, 0.5) is 0 Å². The lowest BCUT2D eigenvalue weighted by Gasteiger charge is -2.42. The predicted molar refractivity (Wildman–Crippen MR) is 97.6 cm³/mol. The van der Waals surface area contributed by atoms with E-state index >= 15 is 0 Å². The Hall–Kier alpha value is -0.340. The summed E-state index contributed by atoms with van der Waals surface area (Å²) in [4.78, 5) is 5.66. The van der Waals surface area contributed by atoms with Gasteiger partial charge in [-0.2, -0.15) is 0 Å². The van der Waals surface area contributed by atoms with E-state index in [0.29, 0.717) is 0 Å². The number of rotatable bonds is 2. The van der Waals surface area contributed by atoms with E-state index in [0.717, 1.165) is 29.8 Å². The first-order valence-corrected chi connectivity index (χ1v) is 10.4. The summed E-state index contributed by atoms with van der Waals surface area (Å²) >= 11 is 0. The van der Waals surface area contributed by atoms with Crippen LogP contribution in [0.2, 0.25) is 0 Å². The van der Waals surface area contributed by atoms with E-state index in [-0.39, 0.29) is 0 Å². The SMILES string of the molecule is C[C@H]1CCC2CCCC(CC3CCC4C=CCCN4C3)CN2C1. The van der Waals surface area contributed by atoms with E-state index in [9.17, 15) is 0 Å². The van der Waals surface area contributed by atoms with Crippen LogP contribution in [0.1, 0.15) is 64.7 Å². The minimum absolute atomic E-state index is 0.779. The summed E-state index contributed by atoms with van der Waals surface area (Å²) in [6.07, 6.45) is 18.0. The number of piperidine rings is 2. The van der Waals surface area contributed by atoms with Crippen molar-refractivity contribution in [1.82, 2.24) is 9.80 Å². The lowest BCUT2D eigenvalue weighted by Crippen LogP contribution is -2.46. The summed E-state index contributed by atoms with van der Waals surface area (Å²) < 4.78 is 0. The van der Waals surface area contributed by atoms with Gasteiger partial charge >= 0.3 is 0 Å². The van der Waals surface area contributed by atoms with Crippen LogP contribution in [0.5, 0.6) is 0 Å². The van der Waals surface area contributed by atoms with Crippen molar-refractivity contribution >= 4 is 0 Å². The van der Waals surface area contributed by atoms with Gasteiger partial charge in [-0.1, -0.05) is 25.5 Å². The standard InChI is InChI=1S/C21H36N2/c1-17-8-10-21-7-4-5-18(16-23(21)14-17)13-19-9-11-20-6-2-3-12-22(20)15-19/h2,6,17-21H,3-5,7-16H2,1H3/t17-,18?,19?,20?,21?/m0/s1. The van der Waals surface area contributed by atoms with Gasteiger partial charge in [0.1, 0.15) is 0 Å². The van der Waals surface area contributed by atoms with Crippen molar-refractivity contribution in [2.24, 2.45) is 17.8 Å². The van der Waals surface area contributed by atoms with E-state index < -0.39 is 0 Å². The monoisotopic (exact) mass is 316 g/mol. The predicted octanol–water partition coefficient (Wildman–Crippen LogP) is 4.32. The molecule has 0 bridgehead atoms. The zero-order valence-electron chi connectivity index (χ0n) is 15.1. The molecule has 4 heterocycles. The molecule has 3 saturated heterocycles. The normalized spacial score (nSPS) is 42.7. The van der Waals surface area contributed by atoms with Crippen LogP contribution in [0, 0.1) is 17.8 Å². The summed E-state index contributed by atoms with van der Waals surface area (Å²) in [7, 11) is 0. The molecule has 4 unspecified atom stereocenters. The maximum atomic E-state index is 2.89. The molecular formula is C21H36N2. The Morgan fingerprint density at radius 3 is 2.70 bits per heavy atom. The summed E-state index contributed by atoms with van der Waals surface area (Å²) in [5.74, 6) is 2.88. The fraction of sp³-hybridized carbons (Fsp3) is 0.905. The molecule has 0 N–H and O–H groups in total. The fourth-order valence-electron chi connectivity index (χ4n) is 5.89. The van der Waals surface area contributed by atoms with E-state index in [4.69, 9.17) is 0 Å². The van der Waals surface area contributed by atoms with Gasteiger partial charge in [0, 0.05) is 38.3 Å². The molecule has 5 atom stereocenters. The van der Waals surface area contributed by atoms with Gasteiger partial charge in [0.05, 0.1) is 0 Å². The highest BCUT2D eigenvalue weighted by Gasteiger charge is 2.33. The molecule has 4 aliphatic heterocycles. The third kappa shape index (κ3) is 3.85. The molecule has 0 saturated carbocycles. The maximum Gasteiger partial charge on any atom is 0.0278 e. The summed E-state index contributed by atoms with van der Waals surface area (Å²) in [5.41, 5.74) is 0. The maximum absolute atomic E-state index is 2.89. The van der Waals surface area contributed by atoms with Gasteiger partial charge in [-0.15, -0.1) is 0 Å². The van der Waals surface area contributed by atoms with Gasteiger partial charge in [-0.25, -0.2) is 0 Å². The van der Waals surface area contributed by atoms with Gasteiger partial charge < -0.3 is 0 Å². The van der Waals surface area contributed by atoms with Crippen molar-refractivity contribution in [3.05, 3.63) is 12.2 Å². The van der Waals surface area contributed by atoms with Gasteiger partial charge in [-0.3, -0.25) is 9.80 Å². The van der Waals surface area contributed by atoms with Gasteiger partial charge in [0.25, 0.3) is 0 Å². The minimum Gasteiger partial charge on any atom is -0.300 e. The van der Waals surface area contributed by atoms with Crippen molar-refractivity contribution in [1.29, 1.82) is 0 Å². The molecular weight excluding hydrogens is 280 g/mol. The zero-order chi connectivity index (χ0) is 15.6. The van der Waals surface area contributed by atoms with E-state index in [1.54, 1.807) is 0 Å². The molecule has 0 aromatic carbocycles. The highest BCUT2D eigenvalue weighted by molar-refractivity contribution is 5.02. The average Bonchev–Trinajstić information content (AvgIpc) is 2.76. The van der Waals surface area contributed by atoms with Crippen LogP contribution in [-0.4, -0.2) is 48.1 Å². The lowest BCUT2D eigenvalue weighted by atomic mass is 9.83. The Morgan fingerprint density at radius 1 is 0.870 bits per heavy atom. The summed E-state index contributed by atoms with van der Waals surface area (Å²) in [6, 6.07) is 1.71. The molecule has 0 aromatic heterocycles. The van der Waals surface area contributed by atoms with Crippen LogP contribution >= 0.6 is 0 Å². The smallest absolute Gasteiger partial charge is 0.0278 e. The van der Waals surface area contributed by atoms with Crippen molar-refractivity contribution in [2.45, 2.75) is 76.8 Å². The quantitative estimate of drug-likeness (QED) is 0.700. The molecule has 130 valence electrons. The second kappa shape index (κ2) is 7.27. The first-order chi connectivity index (χ1) is 11.3. The molecule has 0 aromatic rings. The van der Waals surface area contributed by atoms with Crippen LogP contribution in [0.15, 0.2) is 12.2 Å². The van der Waals surface area contributed by atoms with Crippen molar-refractivity contribution in [3.8, 4) is 0 Å². The number of nitrogens with zero attached hydrogens (tertiary/aromatic N) is 2. The van der Waals surface area contributed by atoms with E-state index in [2.05, 4.69) is 28.9 Å². The molecule has 2 nitrogen and oxygen atoms in total. The Balaban J connectivity index is 1.32. The van der Waals surface area contributed by atoms with Crippen LogP contribution < -0.4 is 0 Å². The first kappa shape index (κ1) is 16.1. The number of hydrogen-bond donors (Lipinski definition) is 0. The topological polar surface area (TPSA) is 6.48 Å². The second-order valence-electron chi connectivity index (χ2n) is 9.05.